The van der Waals surface area contributed by atoms with E-state index in [1.54, 1.807) is 0 Å². The van der Waals surface area contributed by atoms with Crippen LogP contribution in [0.1, 0.15) is 103 Å². The van der Waals surface area contributed by atoms with Crippen molar-refractivity contribution in [1.82, 2.24) is 0 Å². The van der Waals surface area contributed by atoms with Gasteiger partial charge in [-0.05, 0) is 19.3 Å². The van der Waals surface area contributed by atoms with Crippen LogP contribution in [0.25, 0.3) is 0 Å². The van der Waals surface area contributed by atoms with Gasteiger partial charge < -0.3 is 5.11 Å². The SMILES string of the molecule is CCCCCCCCC(I)CCCCCCCCC(=O)O. The second kappa shape index (κ2) is 16.6. The van der Waals surface area contributed by atoms with Crippen LogP contribution in [0.15, 0.2) is 0 Å². The van der Waals surface area contributed by atoms with Gasteiger partial charge in [-0.1, -0.05) is 100 Å². The van der Waals surface area contributed by atoms with Crippen LogP contribution in [0.5, 0.6) is 0 Å². The van der Waals surface area contributed by atoms with Crippen LogP contribution in [-0.2, 0) is 4.79 Å². The molecule has 0 aromatic carbocycles. The molecular weight excluding hydrogens is 375 g/mol. The minimum Gasteiger partial charge on any atom is -0.481 e. The number of carboxylic acids is 1. The van der Waals surface area contributed by atoms with E-state index in [1.165, 1.54) is 77.0 Å². The largest absolute Gasteiger partial charge is 0.481 e. The fraction of sp³-hybridized carbons (Fsp3) is 0.944. The van der Waals surface area contributed by atoms with E-state index < -0.39 is 5.97 Å². The Kier molecular flexibility index (Phi) is 16.7. The van der Waals surface area contributed by atoms with Crippen molar-refractivity contribution >= 4 is 28.6 Å². The van der Waals surface area contributed by atoms with E-state index in [1.807, 2.05) is 0 Å². The number of aliphatic carboxylic acids is 1. The molecule has 3 heteroatoms. The Morgan fingerprint density at radius 3 is 1.71 bits per heavy atom. The van der Waals surface area contributed by atoms with E-state index >= 15 is 0 Å². The smallest absolute Gasteiger partial charge is 0.303 e. The lowest BCUT2D eigenvalue weighted by atomic mass is 10.0. The molecule has 0 heterocycles. The van der Waals surface area contributed by atoms with Crippen molar-refractivity contribution in [3.63, 3.8) is 0 Å². The zero-order valence-electron chi connectivity index (χ0n) is 13.9. The Labute approximate surface area is 145 Å². The number of carbonyl (C=O) groups is 1. The molecule has 0 spiro atoms. The van der Waals surface area contributed by atoms with Gasteiger partial charge in [0, 0.05) is 10.3 Å². The first kappa shape index (κ1) is 21.2. The maximum Gasteiger partial charge on any atom is 0.303 e. The van der Waals surface area contributed by atoms with Gasteiger partial charge in [0.1, 0.15) is 0 Å². The van der Waals surface area contributed by atoms with Gasteiger partial charge in [-0.2, -0.15) is 0 Å². The Bertz CT molecular complexity index is 231. The van der Waals surface area contributed by atoms with E-state index in [0.29, 0.717) is 6.42 Å². The van der Waals surface area contributed by atoms with Crippen LogP contribution < -0.4 is 0 Å². The molecule has 1 N–H and O–H groups in total. The van der Waals surface area contributed by atoms with Crippen molar-refractivity contribution in [2.75, 3.05) is 0 Å². The maximum atomic E-state index is 10.4. The van der Waals surface area contributed by atoms with Crippen LogP contribution in [0.4, 0.5) is 0 Å². The lowest BCUT2D eigenvalue weighted by Crippen LogP contribution is -1.98. The van der Waals surface area contributed by atoms with E-state index in [9.17, 15) is 4.79 Å². The molecular formula is C18H35IO2. The van der Waals surface area contributed by atoms with Gasteiger partial charge in [0.05, 0.1) is 0 Å². The van der Waals surface area contributed by atoms with Crippen LogP contribution in [0, 0.1) is 0 Å². The van der Waals surface area contributed by atoms with Crippen LogP contribution in [-0.4, -0.2) is 15.0 Å². The summed E-state index contributed by atoms with van der Waals surface area (Å²) in [5.74, 6) is -0.655. The predicted molar refractivity (Wildman–Crippen MR) is 100 cm³/mol. The molecule has 0 radical (unpaired) electrons. The Morgan fingerprint density at radius 2 is 1.24 bits per heavy atom. The zero-order chi connectivity index (χ0) is 15.8. The average molecular weight is 410 g/mol. The summed E-state index contributed by atoms with van der Waals surface area (Å²) in [6, 6.07) is 0. The van der Waals surface area contributed by atoms with Gasteiger partial charge in [-0.25, -0.2) is 0 Å². The van der Waals surface area contributed by atoms with Gasteiger partial charge in [-0.3, -0.25) is 4.79 Å². The van der Waals surface area contributed by atoms with Gasteiger partial charge in [-0.15, -0.1) is 0 Å². The molecule has 0 aliphatic rings. The molecule has 21 heavy (non-hydrogen) atoms. The normalized spacial score (nSPS) is 12.5. The quantitative estimate of drug-likeness (QED) is 0.174. The fourth-order valence-electron chi connectivity index (χ4n) is 2.64. The molecule has 0 fully saturated rings. The van der Waals surface area contributed by atoms with Crippen molar-refractivity contribution in [2.24, 2.45) is 0 Å². The van der Waals surface area contributed by atoms with E-state index in [0.717, 1.165) is 16.8 Å². The summed E-state index contributed by atoms with van der Waals surface area (Å²) < 4.78 is 0.862. The highest BCUT2D eigenvalue weighted by Crippen LogP contribution is 2.20. The van der Waals surface area contributed by atoms with E-state index in [4.69, 9.17) is 5.11 Å². The third-order valence-corrected chi connectivity index (χ3v) is 5.27. The van der Waals surface area contributed by atoms with Crippen LogP contribution in [0.3, 0.4) is 0 Å². The number of halogens is 1. The Morgan fingerprint density at radius 1 is 0.810 bits per heavy atom. The monoisotopic (exact) mass is 410 g/mol. The summed E-state index contributed by atoms with van der Waals surface area (Å²) in [5.41, 5.74) is 0. The summed E-state index contributed by atoms with van der Waals surface area (Å²) in [6.07, 6.45) is 18.6. The summed E-state index contributed by atoms with van der Waals surface area (Å²) in [4.78, 5) is 10.4. The van der Waals surface area contributed by atoms with Gasteiger partial charge >= 0.3 is 5.97 Å². The summed E-state index contributed by atoms with van der Waals surface area (Å²) in [7, 11) is 0. The topological polar surface area (TPSA) is 37.3 Å². The van der Waals surface area contributed by atoms with Crippen molar-refractivity contribution in [3.8, 4) is 0 Å². The molecule has 0 rings (SSSR count). The number of rotatable bonds is 16. The third-order valence-electron chi connectivity index (χ3n) is 4.03. The lowest BCUT2D eigenvalue weighted by Gasteiger charge is -2.09. The molecule has 0 aromatic rings. The molecule has 0 saturated heterocycles. The number of hydrogen-bond donors (Lipinski definition) is 1. The Hall–Kier alpha value is 0.200. The number of hydrogen-bond acceptors (Lipinski definition) is 1. The van der Waals surface area contributed by atoms with Gasteiger partial charge in [0.25, 0.3) is 0 Å². The minimum absolute atomic E-state index is 0.341. The van der Waals surface area contributed by atoms with E-state index in [2.05, 4.69) is 29.5 Å². The molecule has 0 aromatic heterocycles. The number of carboxylic acid groups (broad SMARTS) is 1. The van der Waals surface area contributed by atoms with Crippen molar-refractivity contribution in [3.05, 3.63) is 0 Å². The molecule has 0 saturated carbocycles. The molecule has 0 amide bonds. The first-order chi connectivity index (χ1) is 10.2. The molecule has 126 valence electrons. The summed E-state index contributed by atoms with van der Waals surface area (Å²) >= 11 is 2.63. The second-order valence-corrected chi connectivity index (χ2v) is 7.97. The lowest BCUT2D eigenvalue weighted by molar-refractivity contribution is -0.137. The number of alkyl halides is 1. The fourth-order valence-corrected chi connectivity index (χ4v) is 3.52. The summed E-state index contributed by atoms with van der Waals surface area (Å²) in [6.45, 7) is 2.27. The molecule has 1 unspecified atom stereocenters. The van der Waals surface area contributed by atoms with Crippen molar-refractivity contribution in [1.29, 1.82) is 0 Å². The Balaban J connectivity index is 3.15. The summed E-state index contributed by atoms with van der Waals surface area (Å²) in [5, 5.41) is 8.55. The molecule has 1 atom stereocenters. The molecule has 0 aliphatic heterocycles. The highest BCUT2D eigenvalue weighted by Gasteiger charge is 2.03. The first-order valence-corrected chi connectivity index (χ1v) is 10.3. The number of unbranched alkanes of at least 4 members (excludes halogenated alkanes) is 10. The molecule has 0 aliphatic carbocycles. The van der Waals surface area contributed by atoms with Crippen molar-refractivity contribution < 1.29 is 9.90 Å². The zero-order valence-corrected chi connectivity index (χ0v) is 16.1. The maximum absolute atomic E-state index is 10.4. The molecule has 0 bridgehead atoms. The first-order valence-electron chi connectivity index (χ1n) is 9.02. The minimum atomic E-state index is -0.655. The average Bonchev–Trinajstić information content (AvgIpc) is 2.45. The highest BCUT2D eigenvalue weighted by atomic mass is 127. The highest BCUT2D eigenvalue weighted by molar-refractivity contribution is 14.1. The van der Waals surface area contributed by atoms with Crippen LogP contribution in [0.2, 0.25) is 0 Å². The van der Waals surface area contributed by atoms with Gasteiger partial charge in [0.15, 0.2) is 0 Å². The standard InChI is InChI=1S/C18H35IO2/c1-2-3-4-5-8-11-14-17(19)15-12-9-6-7-10-13-16-18(20)21/h17H,2-16H2,1H3,(H,20,21). The second-order valence-electron chi connectivity index (χ2n) is 6.21. The predicted octanol–water partition coefficient (Wildman–Crippen LogP) is 6.75. The molecule has 2 nitrogen and oxygen atoms in total. The van der Waals surface area contributed by atoms with Crippen molar-refractivity contribution in [2.45, 2.75) is 107 Å². The van der Waals surface area contributed by atoms with Gasteiger partial charge in [0.2, 0.25) is 0 Å². The third kappa shape index (κ3) is 18.2. The van der Waals surface area contributed by atoms with E-state index in [-0.39, 0.29) is 0 Å². The van der Waals surface area contributed by atoms with Crippen LogP contribution >= 0.6 is 22.6 Å².